The smallest absolute Gasteiger partial charge is 0.337 e. The summed E-state index contributed by atoms with van der Waals surface area (Å²) in [5, 5.41) is 16.4. The first-order chi connectivity index (χ1) is 7.18. The Bertz CT molecular complexity index is 496. The van der Waals surface area contributed by atoms with Crippen LogP contribution in [0.2, 0.25) is 0 Å². The molecule has 0 saturated heterocycles. The van der Waals surface area contributed by atoms with Crippen LogP contribution in [0.5, 0.6) is 0 Å². The molecule has 0 radical (unpaired) electrons. The predicted molar refractivity (Wildman–Crippen MR) is 56.0 cm³/mol. The number of hydrogen-bond donors (Lipinski definition) is 1. The highest BCUT2D eigenvalue weighted by Crippen LogP contribution is 2.19. The molecule has 0 aliphatic heterocycles. The Balaban J connectivity index is 2.63. The minimum atomic E-state index is -0.993. The first-order valence-electron chi connectivity index (χ1n) is 4.08. The highest BCUT2D eigenvalue weighted by atomic mass is 79.9. The summed E-state index contributed by atoms with van der Waals surface area (Å²) in [5.41, 5.74) is 0.665. The van der Waals surface area contributed by atoms with Crippen LogP contribution in [-0.4, -0.2) is 26.1 Å². The zero-order chi connectivity index (χ0) is 10.8. The molecule has 1 aromatic carbocycles. The standard InChI is InChI=1S/C9H6BrN3O2/c10-6-1-2-7(9(14)15)8(5-6)13-4-3-11-12-13/h1-5H,(H,14,15). The van der Waals surface area contributed by atoms with E-state index in [9.17, 15) is 4.79 Å². The molecular formula is C9H6BrN3O2. The fourth-order valence-electron chi connectivity index (χ4n) is 1.21. The number of aromatic carboxylic acids is 1. The lowest BCUT2D eigenvalue weighted by Gasteiger charge is -2.05. The average molecular weight is 268 g/mol. The Labute approximate surface area is 93.5 Å². The number of halogens is 1. The third-order valence-electron chi connectivity index (χ3n) is 1.86. The molecule has 0 amide bonds. The minimum absolute atomic E-state index is 0.184. The number of carboxylic acid groups (broad SMARTS) is 1. The Morgan fingerprint density at radius 2 is 2.27 bits per heavy atom. The molecule has 2 aromatic rings. The highest BCUT2D eigenvalue weighted by molar-refractivity contribution is 9.10. The maximum absolute atomic E-state index is 11.0. The molecule has 0 spiro atoms. The van der Waals surface area contributed by atoms with E-state index in [-0.39, 0.29) is 5.56 Å². The maximum Gasteiger partial charge on any atom is 0.337 e. The second-order valence-corrected chi connectivity index (χ2v) is 3.73. The van der Waals surface area contributed by atoms with Gasteiger partial charge in [-0.3, -0.25) is 0 Å². The molecule has 6 heteroatoms. The van der Waals surface area contributed by atoms with E-state index in [2.05, 4.69) is 26.2 Å². The van der Waals surface area contributed by atoms with Crippen LogP contribution < -0.4 is 0 Å². The van der Waals surface area contributed by atoms with Crippen molar-refractivity contribution in [1.82, 2.24) is 15.0 Å². The highest BCUT2D eigenvalue weighted by Gasteiger charge is 2.12. The van der Waals surface area contributed by atoms with Crippen molar-refractivity contribution in [2.24, 2.45) is 0 Å². The molecule has 5 nitrogen and oxygen atoms in total. The predicted octanol–water partition coefficient (Wildman–Crippen LogP) is 1.73. The topological polar surface area (TPSA) is 68.0 Å². The van der Waals surface area contributed by atoms with E-state index < -0.39 is 5.97 Å². The van der Waals surface area contributed by atoms with Gasteiger partial charge in [0.1, 0.15) is 0 Å². The van der Waals surface area contributed by atoms with Crippen LogP contribution in [0.3, 0.4) is 0 Å². The third kappa shape index (κ3) is 1.89. The van der Waals surface area contributed by atoms with E-state index in [0.717, 1.165) is 4.47 Å². The van der Waals surface area contributed by atoms with E-state index in [1.165, 1.54) is 16.9 Å². The van der Waals surface area contributed by atoms with E-state index in [1.54, 1.807) is 18.3 Å². The number of aromatic nitrogens is 3. The number of rotatable bonds is 2. The van der Waals surface area contributed by atoms with E-state index in [4.69, 9.17) is 5.11 Å². The Kier molecular flexibility index (Phi) is 2.51. The summed E-state index contributed by atoms with van der Waals surface area (Å²) in [6.07, 6.45) is 3.08. The minimum Gasteiger partial charge on any atom is -0.478 e. The summed E-state index contributed by atoms with van der Waals surface area (Å²) >= 11 is 3.28. The molecule has 1 heterocycles. The Hall–Kier alpha value is -1.69. The van der Waals surface area contributed by atoms with E-state index in [0.29, 0.717) is 5.69 Å². The second kappa shape index (κ2) is 3.82. The van der Waals surface area contributed by atoms with Crippen molar-refractivity contribution in [1.29, 1.82) is 0 Å². The molecule has 1 N–H and O–H groups in total. The SMILES string of the molecule is O=C(O)c1ccc(Br)cc1-n1ccnn1. The summed E-state index contributed by atoms with van der Waals surface area (Å²) in [6, 6.07) is 4.87. The molecule has 0 bridgehead atoms. The van der Waals surface area contributed by atoms with Gasteiger partial charge in [-0.25, -0.2) is 9.48 Å². The van der Waals surface area contributed by atoms with Gasteiger partial charge in [0.25, 0.3) is 0 Å². The lowest BCUT2D eigenvalue weighted by atomic mass is 10.2. The van der Waals surface area contributed by atoms with Crippen LogP contribution in [0, 0.1) is 0 Å². The van der Waals surface area contributed by atoms with Crippen molar-refractivity contribution >= 4 is 21.9 Å². The molecular weight excluding hydrogens is 262 g/mol. The lowest BCUT2D eigenvalue weighted by molar-refractivity contribution is 0.0696. The molecule has 2 rings (SSSR count). The Morgan fingerprint density at radius 3 is 2.87 bits per heavy atom. The maximum atomic E-state index is 11.0. The normalized spacial score (nSPS) is 10.2. The van der Waals surface area contributed by atoms with E-state index >= 15 is 0 Å². The number of carboxylic acids is 1. The monoisotopic (exact) mass is 267 g/mol. The summed E-state index contributed by atoms with van der Waals surface area (Å²) in [5.74, 6) is -0.993. The number of carbonyl (C=O) groups is 1. The molecule has 0 aliphatic rings. The average Bonchev–Trinajstić information content (AvgIpc) is 2.69. The third-order valence-corrected chi connectivity index (χ3v) is 2.35. The second-order valence-electron chi connectivity index (χ2n) is 2.81. The molecule has 0 unspecified atom stereocenters. The largest absolute Gasteiger partial charge is 0.478 e. The van der Waals surface area contributed by atoms with Crippen LogP contribution in [-0.2, 0) is 0 Å². The van der Waals surface area contributed by atoms with Gasteiger partial charge >= 0.3 is 5.97 Å². The van der Waals surface area contributed by atoms with Gasteiger partial charge in [0.15, 0.2) is 0 Å². The number of nitrogens with zero attached hydrogens (tertiary/aromatic N) is 3. The van der Waals surface area contributed by atoms with E-state index in [1.807, 2.05) is 0 Å². The van der Waals surface area contributed by atoms with Gasteiger partial charge in [-0.05, 0) is 18.2 Å². The van der Waals surface area contributed by atoms with Crippen molar-refractivity contribution in [2.45, 2.75) is 0 Å². The van der Waals surface area contributed by atoms with Crippen molar-refractivity contribution in [3.8, 4) is 5.69 Å². The van der Waals surface area contributed by atoms with Gasteiger partial charge < -0.3 is 5.11 Å². The molecule has 1 aromatic heterocycles. The van der Waals surface area contributed by atoms with Crippen LogP contribution in [0.1, 0.15) is 10.4 Å². The van der Waals surface area contributed by atoms with Gasteiger partial charge in [-0.2, -0.15) is 0 Å². The van der Waals surface area contributed by atoms with Gasteiger partial charge in [0.05, 0.1) is 23.6 Å². The summed E-state index contributed by atoms with van der Waals surface area (Å²) in [6.45, 7) is 0. The summed E-state index contributed by atoms with van der Waals surface area (Å²) in [7, 11) is 0. The summed E-state index contributed by atoms with van der Waals surface area (Å²) in [4.78, 5) is 11.0. The molecule has 0 aliphatic carbocycles. The van der Waals surface area contributed by atoms with Crippen molar-refractivity contribution in [3.05, 3.63) is 40.6 Å². The zero-order valence-electron chi connectivity index (χ0n) is 7.46. The van der Waals surface area contributed by atoms with Gasteiger partial charge in [0, 0.05) is 4.47 Å². The molecule has 0 atom stereocenters. The van der Waals surface area contributed by atoms with Gasteiger partial charge in [0.2, 0.25) is 0 Å². The quantitative estimate of drug-likeness (QED) is 0.900. The van der Waals surface area contributed by atoms with Gasteiger partial charge in [-0.15, -0.1) is 5.10 Å². The number of hydrogen-bond acceptors (Lipinski definition) is 3. The fourth-order valence-corrected chi connectivity index (χ4v) is 1.56. The van der Waals surface area contributed by atoms with Gasteiger partial charge in [-0.1, -0.05) is 21.1 Å². The number of benzene rings is 1. The summed E-state index contributed by atoms with van der Waals surface area (Å²) < 4.78 is 2.20. The molecule has 0 saturated carbocycles. The van der Waals surface area contributed by atoms with Crippen LogP contribution >= 0.6 is 15.9 Å². The first kappa shape index (κ1) is 9.85. The lowest BCUT2D eigenvalue weighted by Crippen LogP contribution is -2.06. The van der Waals surface area contributed by atoms with Crippen LogP contribution in [0.15, 0.2) is 35.1 Å². The Morgan fingerprint density at radius 1 is 1.47 bits per heavy atom. The molecule has 15 heavy (non-hydrogen) atoms. The molecule has 0 fully saturated rings. The fraction of sp³-hybridized carbons (Fsp3) is 0. The zero-order valence-corrected chi connectivity index (χ0v) is 9.05. The van der Waals surface area contributed by atoms with Crippen molar-refractivity contribution in [2.75, 3.05) is 0 Å². The van der Waals surface area contributed by atoms with Crippen molar-refractivity contribution < 1.29 is 9.90 Å². The first-order valence-corrected chi connectivity index (χ1v) is 4.87. The van der Waals surface area contributed by atoms with Crippen molar-refractivity contribution in [3.63, 3.8) is 0 Å². The van der Waals surface area contributed by atoms with Crippen LogP contribution in [0.4, 0.5) is 0 Å². The molecule has 76 valence electrons. The van der Waals surface area contributed by atoms with Crippen LogP contribution in [0.25, 0.3) is 5.69 Å².